The molecule has 0 amide bonds. The number of aliphatic hydroxyl groups excluding tert-OH is 1. The molecule has 0 heterocycles. The molecular formula is C14H12BrClO2. The summed E-state index contributed by atoms with van der Waals surface area (Å²) in [6, 6.07) is 12.7. The molecule has 2 rings (SSSR count). The van der Waals surface area contributed by atoms with Crippen molar-refractivity contribution in [1.29, 1.82) is 0 Å². The Bertz CT molecular complexity index is 555. The van der Waals surface area contributed by atoms with Gasteiger partial charge < -0.3 is 9.84 Å². The van der Waals surface area contributed by atoms with Gasteiger partial charge in [-0.3, -0.25) is 0 Å². The highest BCUT2D eigenvalue weighted by molar-refractivity contribution is 9.10. The molecule has 0 aliphatic carbocycles. The van der Waals surface area contributed by atoms with E-state index in [2.05, 4.69) is 15.9 Å². The molecule has 0 bridgehead atoms. The summed E-state index contributed by atoms with van der Waals surface area (Å²) in [6.07, 6.45) is -0.499. The molecule has 0 aromatic heterocycles. The summed E-state index contributed by atoms with van der Waals surface area (Å²) in [5.74, 6) is 1.36. The van der Waals surface area contributed by atoms with Crippen LogP contribution in [0.25, 0.3) is 0 Å². The number of hydrogen-bond donors (Lipinski definition) is 1. The van der Waals surface area contributed by atoms with E-state index in [1.165, 1.54) is 0 Å². The maximum absolute atomic E-state index is 9.49. The molecule has 2 aromatic carbocycles. The van der Waals surface area contributed by atoms with Gasteiger partial charge in [-0.25, -0.2) is 0 Å². The Morgan fingerprint density at radius 3 is 2.61 bits per heavy atom. The largest absolute Gasteiger partial charge is 0.456 e. The first-order chi connectivity index (χ1) is 8.56. The lowest BCUT2D eigenvalue weighted by molar-refractivity contribution is 0.199. The van der Waals surface area contributed by atoms with Crippen molar-refractivity contribution in [2.24, 2.45) is 0 Å². The van der Waals surface area contributed by atoms with Gasteiger partial charge in [-0.05, 0) is 58.7 Å². The fourth-order valence-corrected chi connectivity index (χ4v) is 2.17. The molecule has 0 aliphatic rings. The van der Waals surface area contributed by atoms with Gasteiger partial charge in [0.15, 0.2) is 0 Å². The Morgan fingerprint density at radius 1 is 1.22 bits per heavy atom. The normalized spacial score (nSPS) is 12.2. The van der Waals surface area contributed by atoms with Gasteiger partial charge in [0.25, 0.3) is 0 Å². The number of ether oxygens (including phenoxy) is 1. The van der Waals surface area contributed by atoms with Crippen LogP contribution in [0.2, 0.25) is 5.02 Å². The summed E-state index contributed by atoms with van der Waals surface area (Å²) in [5, 5.41) is 10.1. The third kappa shape index (κ3) is 3.25. The first-order valence-corrected chi connectivity index (χ1v) is 6.64. The smallest absolute Gasteiger partial charge is 0.141 e. The van der Waals surface area contributed by atoms with Crippen molar-refractivity contribution >= 4 is 27.5 Å². The van der Waals surface area contributed by atoms with E-state index in [-0.39, 0.29) is 0 Å². The Balaban J connectivity index is 2.24. The van der Waals surface area contributed by atoms with Crippen LogP contribution in [0.15, 0.2) is 46.9 Å². The number of halogens is 2. The van der Waals surface area contributed by atoms with E-state index in [1.54, 1.807) is 19.1 Å². The zero-order valence-corrected chi connectivity index (χ0v) is 12.1. The lowest BCUT2D eigenvalue weighted by atomic mass is 10.1. The number of rotatable bonds is 3. The minimum Gasteiger partial charge on any atom is -0.456 e. The summed E-state index contributed by atoms with van der Waals surface area (Å²) in [6.45, 7) is 1.72. The monoisotopic (exact) mass is 326 g/mol. The third-order valence-electron chi connectivity index (χ3n) is 2.46. The molecule has 94 valence electrons. The predicted molar refractivity (Wildman–Crippen MR) is 76.3 cm³/mol. The second-order valence-electron chi connectivity index (χ2n) is 3.93. The molecule has 1 unspecified atom stereocenters. The van der Waals surface area contributed by atoms with Gasteiger partial charge in [0.1, 0.15) is 11.5 Å². The summed E-state index contributed by atoms with van der Waals surface area (Å²) in [4.78, 5) is 0. The quantitative estimate of drug-likeness (QED) is 0.864. The van der Waals surface area contributed by atoms with Crippen molar-refractivity contribution in [1.82, 2.24) is 0 Å². The van der Waals surface area contributed by atoms with Crippen LogP contribution in [0.1, 0.15) is 18.6 Å². The number of benzene rings is 2. The molecule has 4 heteroatoms. The summed E-state index contributed by atoms with van der Waals surface area (Å²) in [7, 11) is 0. The first-order valence-electron chi connectivity index (χ1n) is 5.47. The van der Waals surface area contributed by atoms with Crippen molar-refractivity contribution in [2.45, 2.75) is 13.0 Å². The maximum atomic E-state index is 9.49. The molecule has 0 spiro atoms. The van der Waals surface area contributed by atoms with Crippen LogP contribution in [0.5, 0.6) is 11.5 Å². The summed E-state index contributed by atoms with van der Waals surface area (Å²) >= 11 is 9.32. The van der Waals surface area contributed by atoms with Crippen LogP contribution in [0, 0.1) is 0 Å². The van der Waals surface area contributed by atoms with Crippen LogP contribution >= 0.6 is 27.5 Å². The summed E-state index contributed by atoms with van der Waals surface area (Å²) in [5.41, 5.74) is 0.834. The van der Waals surface area contributed by atoms with Gasteiger partial charge in [-0.2, -0.15) is 0 Å². The molecule has 0 fully saturated rings. The van der Waals surface area contributed by atoms with Crippen molar-refractivity contribution in [3.05, 3.63) is 57.5 Å². The van der Waals surface area contributed by atoms with E-state index in [9.17, 15) is 5.11 Å². The lowest BCUT2D eigenvalue weighted by Crippen LogP contribution is -1.92. The molecule has 1 atom stereocenters. The molecule has 0 radical (unpaired) electrons. The van der Waals surface area contributed by atoms with Gasteiger partial charge in [-0.1, -0.05) is 23.7 Å². The zero-order valence-electron chi connectivity index (χ0n) is 9.73. The molecule has 0 aliphatic heterocycles. The van der Waals surface area contributed by atoms with Crippen LogP contribution in [0.4, 0.5) is 0 Å². The third-order valence-corrected chi connectivity index (χ3v) is 3.32. The fourth-order valence-electron chi connectivity index (χ4n) is 1.52. The van der Waals surface area contributed by atoms with Crippen LogP contribution < -0.4 is 4.74 Å². The Morgan fingerprint density at radius 2 is 2.00 bits per heavy atom. The van der Waals surface area contributed by atoms with Gasteiger partial charge in [-0.15, -0.1) is 0 Å². The van der Waals surface area contributed by atoms with Crippen molar-refractivity contribution < 1.29 is 9.84 Å². The van der Waals surface area contributed by atoms with E-state index >= 15 is 0 Å². The fraction of sp³-hybridized carbons (Fsp3) is 0.143. The van der Waals surface area contributed by atoms with Gasteiger partial charge in [0.05, 0.1) is 10.6 Å². The molecule has 0 saturated heterocycles. The number of aliphatic hydroxyl groups is 1. The highest BCUT2D eigenvalue weighted by Crippen LogP contribution is 2.32. The van der Waals surface area contributed by atoms with E-state index in [1.807, 2.05) is 30.3 Å². The van der Waals surface area contributed by atoms with Gasteiger partial charge >= 0.3 is 0 Å². The topological polar surface area (TPSA) is 29.5 Å². The van der Waals surface area contributed by atoms with E-state index in [4.69, 9.17) is 16.3 Å². The second-order valence-corrected chi connectivity index (χ2v) is 5.22. The number of hydrogen-bond acceptors (Lipinski definition) is 2. The SMILES string of the molecule is CC(O)c1ccc(Oc2cccc(Cl)c2)c(Br)c1. The van der Waals surface area contributed by atoms with E-state index in [0.29, 0.717) is 16.5 Å². The zero-order chi connectivity index (χ0) is 13.1. The average Bonchev–Trinajstić information content (AvgIpc) is 2.31. The Hall–Kier alpha value is -1.03. The average molecular weight is 328 g/mol. The van der Waals surface area contributed by atoms with Crippen LogP contribution in [-0.2, 0) is 0 Å². The lowest BCUT2D eigenvalue weighted by Gasteiger charge is -2.10. The minimum absolute atomic E-state index is 0.499. The first kappa shape index (κ1) is 13.4. The van der Waals surface area contributed by atoms with E-state index in [0.717, 1.165) is 10.0 Å². The molecule has 2 nitrogen and oxygen atoms in total. The Kier molecular flexibility index (Phi) is 4.27. The molecule has 1 N–H and O–H groups in total. The van der Waals surface area contributed by atoms with Crippen molar-refractivity contribution in [3.8, 4) is 11.5 Å². The predicted octanol–water partition coefficient (Wildman–Crippen LogP) is 4.95. The van der Waals surface area contributed by atoms with Gasteiger partial charge in [0, 0.05) is 5.02 Å². The summed E-state index contributed by atoms with van der Waals surface area (Å²) < 4.78 is 6.50. The molecule has 18 heavy (non-hydrogen) atoms. The van der Waals surface area contributed by atoms with E-state index < -0.39 is 6.10 Å². The highest BCUT2D eigenvalue weighted by atomic mass is 79.9. The van der Waals surface area contributed by atoms with Crippen molar-refractivity contribution in [2.75, 3.05) is 0 Å². The second kappa shape index (κ2) is 5.74. The molecule has 0 saturated carbocycles. The van der Waals surface area contributed by atoms with Crippen LogP contribution in [-0.4, -0.2) is 5.11 Å². The Labute approximate surface area is 119 Å². The standard InChI is InChI=1S/C14H12BrClO2/c1-9(17)10-5-6-14(13(15)7-10)18-12-4-2-3-11(16)8-12/h2-9,17H,1H3. The van der Waals surface area contributed by atoms with Gasteiger partial charge in [0.2, 0.25) is 0 Å². The van der Waals surface area contributed by atoms with Crippen LogP contribution in [0.3, 0.4) is 0 Å². The highest BCUT2D eigenvalue weighted by Gasteiger charge is 2.07. The molecular weight excluding hydrogens is 316 g/mol. The minimum atomic E-state index is -0.499. The van der Waals surface area contributed by atoms with Crippen molar-refractivity contribution in [3.63, 3.8) is 0 Å². The molecule has 2 aromatic rings. The maximum Gasteiger partial charge on any atom is 0.141 e.